The Bertz CT molecular complexity index is 161. The molecule has 0 rings (SSSR count). The second-order valence-electron chi connectivity index (χ2n) is 2.77. The molecule has 0 bridgehead atoms. The zero-order valence-corrected chi connectivity index (χ0v) is 7.35. The number of hydrogen-bond acceptors (Lipinski definition) is 2. The van der Waals surface area contributed by atoms with Gasteiger partial charge in [0.25, 0.3) is 0 Å². The SMILES string of the molecule is CC=CCC(C)(N)C(=O)NC. The van der Waals surface area contributed by atoms with Crippen LogP contribution in [-0.2, 0) is 4.79 Å². The highest BCUT2D eigenvalue weighted by Crippen LogP contribution is 2.05. The summed E-state index contributed by atoms with van der Waals surface area (Å²) in [4.78, 5) is 11.1. The van der Waals surface area contributed by atoms with Crippen molar-refractivity contribution in [3.63, 3.8) is 0 Å². The molecule has 0 aliphatic carbocycles. The number of hydrogen-bond donors (Lipinski definition) is 2. The van der Waals surface area contributed by atoms with Crippen LogP contribution in [0, 0.1) is 0 Å². The molecule has 0 spiro atoms. The van der Waals surface area contributed by atoms with Crippen molar-refractivity contribution in [2.75, 3.05) is 7.05 Å². The molecular formula is C8H16N2O. The minimum Gasteiger partial charge on any atom is -0.358 e. The van der Waals surface area contributed by atoms with Crippen LogP contribution in [0.5, 0.6) is 0 Å². The maximum atomic E-state index is 11.1. The largest absolute Gasteiger partial charge is 0.358 e. The van der Waals surface area contributed by atoms with Gasteiger partial charge in [-0.15, -0.1) is 0 Å². The normalized spacial score (nSPS) is 16.4. The van der Waals surface area contributed by atoms with Crippen molar-refractivity contribution in [2.24, 2.45) is 5.73 Å². The van der Waals surface area contributed by atoms with E-state index in [1.54, 1.807) is 14.0 Å². The van der Waals surface area contributed by atoms with E-state index in [1.807, 2.05) is 19.1 Å². The molecule has 0 aliphatic rings. The first kappa shape index (κ1) is 10.2. The van der Waals surface area contributed by atoms with E-state index in [4.69, 9.17) is 5.73 Å². The van der Waals surface area contributed by atoms with Gasteiger partial charge in [0.1, 0.15) is 0 Å². The predicted molar refractivity (Wildman–Crippen MR) is 46.1 cm³/mol. The first-order chi connectivity index (χ1) is 5.04. The molecule has 3 nitrogen and oxygen atoms in total. The van der Waals surface area contributed by atoms with Crippen LogP contribution < -0.4 is 11.1 Å². The fourth-order valence-electron chi connectivity index (χ4n) is 0.741. The predicted octanol–water partition coefficient (Wildman–Crippen LogP) is 0.416. The first-order valence-corrected chi connectivity index (χ1v) is 3.67. The molecule has 0 aromatic carbocycles. The molecule has 3 N–H and O–H groups in total. The lowest BCUT2D eigenvalue weighted by atomic mass is 9.98. The van der Waals surface area contributed by atoms with Crippen molar-refractivity contribution in [1.82, 2.24) is 5.32 Å². The lowest BCUT2D eigenvalue weighted by Crippen LogP contribution is -2.50. The third-order valence-corrected chi connectivity index (χ3v) is 1.52. The minimum absolute atomic E-state index is 0.129. The molecule has 1 amide bonds. The summed E-state index contributed by atoms with van der Waals surface area (Å²) in [6, 6.07) is 0. The Labute approximate surface area is 67.7 Å². The summed E-state index contributed by atoms with van der Waals surface area (Å²) < 4.78 is 0. The third kappa shape index (κ3) is 3.18. The molecular weight excluding hydrogens is 140 g/mol. The summed E-state index contributed by atoms with van der Waals surface area (Å²) in [5.74, 6) is -0.129. The van der Waals surface area contributed by atoms with E-state index < -0.39 is 5.54 Å². The summed E-state index contributed by atoms with van der Waals surface area (Å²) in [5, 5.41) is 2.52. The molecule has 0 saturated carbocycles. The van der Waals surface area contributed by atoms with Crippen LogP contribution in [0.3, 0.4) is 0 Å². The molecule has 11 heavy (non-hydrogen) atoms. The Kier molecular flexibility index (Phi) is 3.82. The fraction of sp³-hybridized carbons (Fsp3) is 0.625. The zero-order valence-electron chi connectivity index (χ0n) is 7.35. The number of rotatable bonds is 3. The highest BCUT2D eigenvalue weighted by molar-refractivity contribution is 5.85. The van der Waals surface area contributed by atoms with Crippen LogP contribution in [-0.4, -0.2) is 18.5 Å². The lowest BCUT2D eigenvalue weighted by Gasteiger charge is -2.20. The van der Waals surface area contributed by atoms with Gasteiger partial charge in [-0.3, -0.25) is 4.79 Å². The average molecular weight is 156 g/mol. The quantitative estimate of drug-likeness (QED) is 0.582. The summed E-state index contributed by atoms with van der Waals surface area (Å²) in [5.41, 5.74) is 4.92. The van der Waals surface area contributed by atoms with E-state index in [0.29, 0.717) is 6.42 Å². The molecule has 0 saturated heterocycles. The summed E-state index contributed by atoms with van der Waals surface area (Å²) in [6.45, 7) is 3.62. The molecule has 0 aliphatic heterocycles. The average Bonchev–Trinajstić information content (AvgIpc) is 1.99. The van der Waals surface area contributed by atoms with Gasteiger partial charge in [-0.25, -0.2) is 0 Å². The van der Waals surface area contributed by atoms with Crippen LogP contribution in [0.1, 0.15) is 20.3 Å². The molecule has 0 radical (unpaired) electrons. The number of amides is 1. The Hall–Kier alpha value is -0.830. The standard InChI is InChI=1S/C8H16N2O/c1-4-5-6-8(2,9)7(11)10-3/h4-5H,6,9H2,1-3H3,(H,10,11). The van der Waals surface area contributed by atoms with Gasteiger partial charge in [0, 0.05) is 7.05 Å². The van der Waals surface area contributed by atoms with Gasteiger partial charge in [0.05, 0.1) is 5.54 Å². The van der Waals surface area contributed by atoms with Crippen molar-refractivity contribution < 1.29 is 4.79 Å². The summed E-state index contributed by atoms with van der Waals surface area (Å²) in [7, 11) is 1.59. The number of allylic oxidation sites excluding steroid dienone is 1. The van der Waals surface area contributed by atoms with E-state index in [1.165, 1.54) is 0 Å². The number of carbonyl (C=O) groups is 1. The van der Waals surface area contributed by atoms with Crippen LogP contribution in [0.15, 0.2) is 12.2 Å². The maximum absolute atomic E-state index is 11.1. The molecule has 3 heteroatoms. The van der Waals surface area contributed by atoms with Crippen molar-refractivity contribution in [1.29, 1.82) is 0 Å². The molecule has 1 unspecified atom stereocenters. The Morgan fingerprint density at radius 2 is 2.27 bits per heavy atom. The zero-order chi connectivity index (χ0) is 8.91. The van der Waals surface area contributed by atoms with Crippen molar-refractivity contribution in [3.8, 4) is 0 Å². The van der Waals surface area contributed by atoms with E-state index >= 15 is 0 Å². The van der Waals surface area contributed by atoms with Crippen LogP contribution in [0.2, 0.25) is 0 Å². The van der Waals surface area contributed by atoms with E-state index in [9.17, 15) is 4.79 Å². The number of nitrogens with two attached hydrogens (primary N) is 1. The topological polar surface area (TPSA) is 55.1 Å². The van der Waals surface area contributed by atoms with Gasteiger partial charge in [0.15, 0.2) is 0 Å². The third-order valence-electron chi connectivity index (χ3n) is 1.52. The van der Waals surface area contributed by atoms with E-state index in [2.05, 4.69) is 5.32 Å². The molecule has 0 fully saturated rings. The maximum Gasteiger partial charge on any atom is 0.239 e. The van der Waals surface area contributed by atoms with Gasteiger partial charge < -0.3 is 11.1 Å². The van der Waals surface area contributed by atoms with Crippen molar-refractivity contribution in [2.45, 2.75) is 25.8 Å². The Morgan fingerprint density at radius 3 is 2.64 bits per heavy atom. The Morgan fingerprint density at radius 1 is 1.73 bits per heavy atom. The second kappa shape index (κ2) is 4.13. The van der Waals surface area contributed by atoms with Crippen LogP contribution in [0.4, 0.5) is 0 Å². The molecule has 0 aromatic heterocycles. The highest BCUT2D eigenvalue weighted by atomic mass is 16.2. The second-order valence-corrected chi connectivity index (χ2v) is 2.77. The van der Waals surface area contributed by atoms with Gasteiger partial charge >= 0.3 is 0 Å². The van der Waals surface area contributed by atoms with E-state index in [-0.39, 0.29) is 5.91 Å². The van der Waals surface area contributed by atoms with Crippen molar-refractivity contribution >= 4 is 5.91 Å². The molecule has 1 atom stereocenters. The van der Waals surface area contributed by atoms with Gasteiger partial charge in [-0.1, -0.05) is 12.2 Å². The van der Waals surface area contributed by atoms with Crippen LogP contribution in [0.25, 0.3) is 0 Å². The highest BCUT2D eigenvalue weighted by Gasteiger charge is 2.24. The molecule has 64 valence electrons. The minimum atomic E-state index is -0.777. The smallest absolute Gasteiger partial charge is 0.239 e. The van der Waals surface area contributed by atoms with E-state index in [0.717, 1.165) is 0 Å². The summed E-state index contributed by atoms with van der Waals surface area (Å²) >= 11 is 0. The van der Waals surface area contributed by atoms with Gasteiger partial charge in [0.2, 0.25) is 5.91 Å². The number of likely N-dealkylation sites (N-methyl/N-ethyl adjacent to an activating group) is 1. The summed E-state index contributed by atoms with van der Waals surface area (Å²) in [6.07, 6.45) is 4.34. The van der Waals surface area contributed by atoms with Crippen LogP contribution >= 0.6 is 0 Å². The monoisotopic (exact) mass is 156 g/mol. The first-order valence-electron chi connectivity index (χ1n) is 3.67. The molecule has 0 aromatic rings. The number of nitrogens with one attached hydrogen (secondary N) is 1. The lowest BCUT2D eigenvalue weighted by molar-refractivity contribution is -0.125. The van der Waals surface area contributed by atoms with Gasteiger partial charge in [-0.2, -0.15) is 0 Å². The fourth-order valence-corrected chi connectivity index (χ4v) is 0.741. The Balaban J connectivity index is 4.09. The molecule has 0 heterocycles. The van der Waals surface area contributed by atoms with Crippen molar-refractivity contribution in [3.05, 3.63) is 12.2 Å². The van der Waals surface area contributed by atoms with Gasteiger partial charge in [-0.05, 0) is 20.3 Å². The number of carbonyl (C=O) groups excluding carboxylic acids is 1.